The van der Waals surface area contributed by atoms with Crippen LogP contribution in [-0.2, 0) is 16.6 Å². The van der Waals surface area contributed by atoms with E-state index in [1.807, 2.05) is 56.4 Å². The van der Waals surface area contributed by atoms with Gasteiger partial charge in [0.15, 0.2) is 0 Å². The molecule has 0 radical (unpaired) electrons. The molecule has 43 heavy (non-hydrogen) atoms. The lowest BCUT2D eigenvalue weighted by Gasteiger charge is -2.26. The molecule has 226 valence electrons. The van der Waals surface area contributed by atoms with Gasteiger partial charge >= 0.3 is 5.97 Å². The molecular formula is C32H39N7O4. The summed E-state index contributed by atoms with van der Waals surface area (Å²) in [6, 6.07) is 11.2. The van der Waals surface area contributed by atoms with Crippen molar-refractivity contribution in [2.45, 2.75) is 20.0 Å². The Hall–Kier alpha value is -4.90. The molecule has 0 aliphatic rings. The number of likely N-dealkylation sites (N-methyl/N-ethyl adjacent to an activating group) is 2. The van der Waals surface area contributed by atoms with E-state index in [0.29, 0.717) is 34.9 Å². The minimum atomic E-state index is -0.554. The van der Waals surface area contributed by atoms with Crippen LogP contribution in [0.3, 0.4) is 0 Å². The number of aryl methyl sites for hydroxylation is 1. The quantitative estimate of drug-likeness (QED) is 0.173. The van der Waals surface area contributed by atoms with Crippen LogP contribution in [0.15, 0.2) is 61.4 Å². The molecule has 0 atom stereocenters. The highest BCUT2D eigenvalue weighted by molar-refractivity contribution is 6.04. The standard InChI is InChI=1S/C32H39N7O4/c1-9-29(40)34-24-16-25(28(42-8)17-27(24)38(6)15-14-37(4)5)35-32-33-18-22(31(41)43-20(2)3)30(36-32)23-19-39(7)26-13-11-10-12-21(23)26/h9-13,16-20H,1,14-15H2,2-8H3,(H,34,40)(H,33,35,36)/i7D. The van der Waals surface area contributed by atoms with Gasteiger partial charge in [-0.3, -0.25) is 4.79 Å². The number of anilines is 4. The molecule has 2 aromatic heterocycles. The number of nitrogens with zero attached hydrogens (tertiary/aromatic N) is 5. The van der Waals surface area contributed by atoms with E-state index >= 15 is 0 Å². The van der Waals surface area contributed by atoms with Gasteiger partial charge in [0.25, 0.3) is 0 Å². The smallest absolute Gasteiger partial charge is 0.342 e. The molecule has 1 amide bonds. The normalized spacial score (nSPS) is 11.4. The third-order valence-electron chi connectivity index (χ3n) is 6.70. The fourth-order valence-electron chi connectivity index (χ4n) is 4.54. The number of carbonyl (C=O) groups excluding carboxylic acids is 2. The topological polar surface area (TPSA) is 114 Å². The molecule has 0 saturated carbocycles. The SMILES string of the molecule is [2H]Cn1cc(-c2nc(Nc3cc(NC(=O)C=C)c(N(C)CCN(C)C)cc3OC)ncc2C(=O)OC(C)C)c2ccccc21. The Labute approximate surface area is 253 Å². The van der Waals surface area contributed by atoms with E-state index in [1.165, 1.54) is 12.3 Å². The van der Waals surface area contributed by atoms with Crippen molar-refractivity contribution in [2.75, 3.05) is 56.9 Å². The second-order valence-electron chi connectivity index (χ2n) is 10.6. The van der Waals surface area contributed by atoms with Crippen molar-refractivity contribution in [2.24, 2.45) is 7.02 Å². The molecule has 0 aliphatic carbocycles. The van der Waals surface area contributed by atoms with Crippen LogP contribution < -0.4 is 20.3 Å². The fourth-order valence-corrected chi connectivity index (χ4v) is 4.54. The first kappa shape index (κ1) is 29.6. The van der Waals surface area contributed by atoms with Gasteiger partial charge in [0.05, 0.1) is 36.0 Å². The number of ether oxygens (including phenoxy) is 2. The van der Waals surface area contributed by atoms with Crippen LogP contribution in [0, 0.1) is 0 Å². The number of nitrogens with one attached hydrogen (secondary N) is 2. The van der Waals surface area contributed by atoms with Crippen LogP contribution in [0.4, 0.5) is 23.0 Å². The molecule has 11 nitrogen and oxygen atoms in total. The fraction of sp³-hybridized carbons (Fsp3) is 0.312. The van der Waals surface area contributed by atoms with Gasteiger partial charge in [0.1, 0.15) is 11.3 Å². The van der Waals surface area contributed by atoms with Crippen LogP contribution in [0.1, 0.15) is 25.6 Å². The summed E-state index contributed by atoms with van der Waals surface area (Å²) < 4.78 is 21.0. The minimum Gasteiger partial charge on any atom is -0.494 e. The lowest BCUT2D eigenvalue weighted by molar-refractivity contribution is -0.111. The van der Waals surface area contributed by atoms with Crippen molar-refractivity contribution in [1.29, 1.82) is 0 Å². The predicted octanol–water partition coefficient (Wildman–Crippen LogP) is 5.08. The summed E-state index contributed by atoms with van der Waals surface area (Å²) in [6.07, 6.45) is 4.10. The van der Waals surface area contributed by atoms with Crippen LogP contribution in [0.5, 0.6) is 5.75 Å². The zero-order chi connectivity index (χ0) is 32.0. The molecule has 0 fully saturated rings. The number of hydrogen-bond donors (Lipinski definition) is 2. The molecule has 11 heteroatoms. The number of para-hydroxylation sites is 1. The third kappa shape index (κ3) is 7.12. The summed E-state index contributed by atoms with van der Waals surface area (Å²) in [5.74, 6) is -0.230. The molecule has 0 aliphatic heterocycles. The first-order valence-electron chi connectivity index (χ1n) is 14.5. The molecule has 0 saturated heterocycles. The maximum absolute atomic E-state index is 13.2. The zero-order valence-electron chi connectivity index (χ0n) is 26.5. The van der Waals surface area contributed by atoms with Crippen LogP contribution in [0.25, 0.3) is 22.2 Å². The number of methoxy groups -OCH3 is 1. The molecule has 0 unspecified atom stereocenters. The molecular weight excluding hydrogens is 546 g/mol. The first-order valence-corrected chi connectivity index (χ1v) is 13.8. The largest absolute Gasteiger partial charge is 0.494 e. The second-order valence-corrected chi connectivity index (χ2v) is 10.6. The number of fused-ring (bicyclic) bond motifs is 1. The van der Waals surface area contributed by atoms with Gasteiger partial charge in [-0.05, 0) is 46.2 Å². The Balaban J connectivity index is 1.83. The molecule has 0 spiro atoms. The number of esters is 1. The van der Waals surface area contributed by atoms with Crippen molar-refractivity contribution < 1.29 is 20.4 Å². The van der Waals surface area contributed by atoms with Gasteiger partial charge in [-0.25, -0.2) is 14.8 Å². The minimum absolute atomic E-state index is 0.00573. The average molecular weight is 587 g/mol. The van der Waals surface area contributed by atoms with Gasteiger partial charge in [-0.15, -0.1) is 0 Å². The number of hydrogen-bond acceptors (Lipinski definition) is 9. The number of benzene rings is 2. The molecule has 0 bridgehead atoms. The van der Waals surface area contributed by atoms with Crippen LogP contribution >= 0.6 is 0 Å². The highest BCUT2D eigenvalue weighted by atomic mass is 16.5. The van der Waals surface area contributed by atoms with E-state index in [0.717, 1.165) is 23.1 Å². The average Bonchev–Trinajstić information content (AvgIpc) is 3.38. The molecule has 4 rings (SSSR count). The Bertz CT molecular complexity index is 1670. The van der Waals surface area contributed by atoms with Crippen molar-refractivity contribution in [1.82, 2.24) is 19.4 Å². The van der Waals surface area contributed by atoms with Crippen molar-refractivity contribution in [3.8, 4) is 17.0 Å². The number of carbonyl (C=O) groups is 2. The summed E-state index contributed by atoms with van der Waals surface area (Å²) in [4.78, 5) is 38.8. The highest BCUT2D eigenvalue weighted by Gasteiger charge is 2.23. The summed E-state index contributed by atoms with van der Waals surface area (Å²) in [5.41, 5.74) is 3.84. The lowest BCUT2D eigenvalue weighted by Crippen LogP contribution is -2.29. The van der Waals surface area contributed by atoms with E-state index in [1.54, 1.807) is 37.8 Å². The Kier molecular flexibility index (Phi) is 9.21. The predicted molar refractivity (Wildman–Crippen MR) is 171 cm³/mol. The van der Waals surface area contributed by atoms with Crippen LogP contribution in [-0.4, -0.2) is 78.8 Å². The van der Waals surface area contributed by atoms with Gasteiger partial charge in [-0.2, -0.15) is 0 Å². The van der Waals surface area contributed by atoms with Crippen LogP contribution in [0.2, 0.25) is 0 Å². The second kappa shape index (κ2) is 13.4. The summed E-state index contributed by atoms with van der Waals surface area (Å²) in [6.45, 7) is 8.63. The third-order valence-corrected chi connectivity index (χ3v) is 6.70. The summed E-state index contributed by atoms with van der Waals surface area (Å²) in [5, 5.41) is 6.93. The Morgan fingerprint density at radius 3 is 2.60 bits per heavy atom. The van der Waals surface area contributed by atoms with Gasteiger partial charge in [0.2, 0.25) is 11.9 Å². The summed E-state index contributed by atoms with van der Waals surface area (Å²) in [7, 11) is 7.48. The maximum atomic E-state index is 13.2. The van der Waals surface area contributed by atoms with E-state index < -0.39 is 5.97 Å². The molecule has 2 aromatic carbocycles. The lowest BCUT2D eigenvalue weighted by atomic mass is 10.1. The Morgan fingerprint density at radius 1 is 1.16 bits per heavy atom. The van der Waals surface area contributed by atoms with Crippen molar-refractivity contribution >= 4 is 45.8 Å². The van der Waals surface area contributed by atoms with Crippen molar-refractivity contribution in [3.63, 3.8) is 0 Å². The van der Waals surface area contributed by atoms with E-state index in [2.05, 4.69) is 27.1 Å². The van der Waals surface area contributed by atoms with Gasteiger partial charge in [-0.1, -0.05) is 24.8 Å². The molecule has 2 N–H and O–H groups in total. The Morgan fingerprint density at radius 2 is 1.93 bits per heavy atom. The summed E-state index contributed by atoms with van der Waals surface area (Å²) >= 11 is 0. The monoisotopic (exact) mass is 586 g/mol. The molecule has 4 aromatic rings. The number of amides is 1. The highest BCUT2D eigenvalue weighted by Crippen LogP contribution is 2.39. The molecule has 2 heterocycles. The van der Waals surface area contributed by atoms with Gasteiger partial charge in [0, 0.05) is 63.5 Å². The maximum Gasteiger partial charge on any atom is 0.342 e. The van der Waals surface area contributed by atoms with E-state index in [4.69, 9.17) is 15.8 Å². The zero-order valence-corrected chi connectivity index (χ0v) is 25.5. The van der Waals surface area contributed by atoms with Gasteiger partial charge < -0.3 is 34.5 Å². The number of rotatable bonds is 12. The van der Waals surface area contributed by atoms with E-state index in [-0.39, 0.29) is 30.5 Å². The first-order chi connectivity index (χ1) is 21.1. The number of aromatic nitrogens is 3. The van der Waals surface area contributed by atoms with Crippen molar-refractivity contribution in [3.05, 3.63) is 67.0 Å². The van der Waals surface area contributed by atoms with E-state index in [9.17, 15) is 9.59 Å².